The van der Waals surface area contributed by atoms with Gasteiger partial charge in [0.1, 0.15) is 24.4 Å². The third-order valence-corrected chi connectivity index (χ3v) is 8.78. The molecular formula is C35H48N4O5. The lowest BCUT2D eigenvalue weighted by molar-refractivity contribution is -0.151. The van der Waals surface area contributed by atoms with Gasteiger partial charge >= 0.3 is 0 Å². The van der Waals surface area contributed by atoms with Gasteiger partial charge in [0.15, 0.2) is 0 Å². The van der Waals surface area contributed by atoms with Crippen LogP contribution < -0.4 is 20.7 Å². The lowest BCUT2D eigenvalue weighted by Crippen LogP contribution is -2.64. The number of nitrogens with zero attached hydrogens (tertiary/aromatic N) is 1. The number of hydrogen-bond donors (Lipinski definition) is 4. The summed E-state index contributed by atoms with van der Waals surface area (Å²) >= 11 is 0. The fourth-order valence-electron chi connectivity index (χ4n) is 6.42. The average molecular weight is 605 g/mol. The topological polar surface area (TPSA) is 120 Å². The second-order valence-electron chi connectivity index (χ2n) is 12.6. The monoisotopic (exact) mass is 604 g/mol. The lowest BCUT2D eigenvalue weighted by atomic mass is 9.82. The molecule has 0 spiro atoms. The Bertz CT molecular complexity index is 1290. The van der Waals surface area contributed by atoms with Crippen molar-refractivity contribution in [3.8, 4) is 5.75 Å². The number of fused-ring (bicyclic) bond motifs is 1. The van der Waals surface area contributed by atoms with Crippen LogP contribution in [0.4, 0.5) is 0 Å². The lowest BCUT2D eigenvalue weighted by Gasteiger charge is -2.40. The summed E-state index contributed by atoms with van der Waals surface area (Å²) in [5.41, 5.74) is 0.166. The summed E-state index contributed by atoms with van der Waals surface area (Å²) in [6.07, 6.45) is 8.77. The summed E-state index contributed by atoms with van der Waals surface area (Å²) in [5.74, 6) is -0.797. The third-order valence-electron chi connectivity index (χ3n) is 8.78. The molecule has 2 aliphatic rings. The van der Waals surface area contributed by atoms with Gasteiger partial charge in [-0.25, -0.2) is 0 Å². The number of hydrogen-bond acceptors (Lipinski definition) is 6. The minimum Gasteiger partial charge on any atom is -0.492 e. The second-order valence-corrected chi connectivity index (χ2v) is 12.6. The van der Waals surface area contributed by atoms with Crippen molar-refractivity contribution in [2.24, 2.45) is 5.92 Å². The molecule has 9 heteroatoms. The number of carbonyl (C=O) groups is 3. The molecule has 0 bridgehead atoms. The first kappa shape index (κ1) is 33.2. The molecule has 1 saturated carbocycles. The zero-order chi connectivity index (χ0) is 31.7. The number of rotatable bonds is 4. The molecule has 0 saturated heterocycles. The molecule has 1 heterocycles. The van der Waals surface area contributed by atoms with E-state index in [4.69, 9.17) is 4.74 Å². The van der Waals surface area contributed by atoms with E-state index in [0.29, 0.717) is 18.9 Å². The highest BCUT2D eigenvalue weighted by Crippen LogP contribution is 2.29. The molecule has 4 atom stereocenters. The van der Waals surface area contributed by atoms with Crippen LogP contribution in [-0.4, -0.2) is 78.2 Å². The molecule has 1 aliphatic carbocycles. The van der Waals surface area contributed by atoms with Gasteiger partial charge in [0.05, 0.1) is 11.6 Å². The van der Waals surface area contributed by atoms with Crippen LogP contribution in [-0.2, 0) is 14.4 Å². The van der Waals surface area contributed by atoms with E-state index in [2.05, 4.69) is 16.0 Å². The summed E-state index contributed by atoms with van der Waals surface area (Å²) in [6.45, 7) is 5.93. The SMILES string of the molecule is CC(c1ccccc1)[C@H]1NC(=O)[C@H](C(C)(C)O)N(C)C(=O)[C@H](C2CCCCC2)NCCOc2ccccc2C=CCNC1=O. The minimum absolute atomic E-state index is 0.0988. The molecule has 1 unspecified atom stereocenters. The van der Waals surface area contributed by atoms with Gasteiger partial charge in [0.2, 0.25) is 17.7 Å². The fraction of sp³-hybridized carbons (Fsp3) is 0.514. The summed E-state index contributed by atoms with van der Waals surface area (Å²) < 4.78 is 6.11. The first-order valence-corrected chi connectivity index (χ1v) is 15.8. The third kappa shape index (κ3) is 8.48. The molecule has 0 radical (unpaired) electrons. The van der Waals surface area contributed by atoms with E-state index in [9.17, 15) is 19.5 Å². The second kappa shape index (κ2) is 15.3. The number of likely N-dealkylation sites (N-methyl/N-ethyl adjacent to an activating group) is 1. The van der Waals surface area contributed by atoms with Gasteiger partial charge in [0, 0.05) is 31.6 Å². The Morgan fingerprint density at radius 2 is 1.64 bits per heavy atom. The molecule has 2 aromatic carbocycles. The Kier molecular flexibility index (Phi) is 11.6. The minimum atomic E-state index is -1.58. The molecule has 2 aromatic rings. The largest absolute Gasteiger partial charge is 0.492 e. The van der Waals surface area contributed by atoms with E-state index in [1.54, 1.807) is 7.05 Å². The quantitative estimate of drug-likeness (QED) is 0.423. The summed E-state index contributed by atoms with van der Waals surface area (Å²) in [7, 11) is 1.56. The summed E-state index contributed by atoms with van der Waals surface area (Å²) in [6, 6.07) is 14.4. The number of ether oxygens (including phenoxy) is 1. The highest BCUT2D eigenvalue weighted by atomic mass is 16.5. The van der Waals surface area contributed by atoms with E-state index in [0.717, 1.165) is 43.2 Å². The van der Waals surface area contributed by atoms with E-state index in [1.165, 1.54) is 18.7 Å². The summed E-state index contributed by atoms with van der Waals surface area (Å²) in [5, 5.41) is 20.5. The maximum atomic E-state index is 14.2. The van der Waals surface area contributed by atoms with Gasteiger partial charge in [-0.2, -0.15) is 0 Å². The molecule has 9 nitrogen and oxygen atoms in total. The van der Waals surface area contributed by atoms with Gasteiger partial charge in [-0.1, -0.05) is 86.9 Å². The molecule has 238 valence electrons. The van der Waals surface area contributed by atoms with Crippen LogP contribution in [0.5, 0.6) is 5.75 Å². The molecular weight excluding hydrogens is 556 g/mol. The normalized spacial score (nSPS) is 24.2. The van der Waals surface area contributed by atoms with Crippen LogP contribution in [0.2, 0.25) is 0 Å². The molecule has 1 aliphatic heterocycles. The Hall–Kier alpha value is -3.69. The van der Waals surface area contributed by atoms with Crippen LogP contribution >= 0.6 is 0 Å². The highest BCUT2D eigenvalue weighted by molar-refractivity contribution is 5.94. The summed E-state index contributed by atoms with van der Waals surface area (Å²) in [4.78, 5) is 43.2. The van der Waals surface area contributed by atoms with Crippen molar-refractivity contribution < 1.29 is 24.2 Å². The average Bonchev–Trinajstić information content (AvgIpc) is 3.01. The van der Waals surface area contributed by atoms with Gasteiger partial charge < -0.3 is 30.7 Å². The maximum Gasteiger partial charge on any atom is 0.246 e. The van der Waals surface area contributed by atoms with Crippen molar-refractivity contribution in [1.82, 2.24) is 20.9 Å². The van der Waals surface area contributed by atoms with Crippen molar-refractivity contribution >= 4 is 23.8 Å². The van der Waals surface area contributed by atoms with E-state index in [1.807, 2.05) is 73.7 Å². The zero-order valence-electron chi connectivity index (χ0n) is 26.4. The van der Waals surface area contributed by atoms with Crippen LogP contribution in [0.15, 0.2) is 60.7 Å². The molecule has 4 N–H and O–H groups in total. The van der Waals surface area contributed by atoms with Crippen molar-refractivity contribution in [3.63, 3.8) is 0 Å². The van der Waals surface area contributed by atoms with E-state index in [-0.39, 0.29) is 30.2 Å². The molecule has 3 amide bonds. The van der Waals surface area contributed by atoms with Crippen LogP contribution in [0.1, 0.15) is 69.9 Å². The molecule has 44 heavy (non-hydrogen) atoms. The smallest absolute Gasteiger partial charge is 0.246 e. The van der Waals surface area contributed by atoms with E-state index < -0.39 is 29.6 Å². The first-order chi connectivity index (χ1) is 21.1. The predicted octanol–water partition coefficient (Wildman–Crippen LogP) is 3.63. The number of amides is 3. The van der Waals surface area contributed by atoms with Gasteiger partial charge in [-0.05, 0) is 44.2 Å². The molecule has 0 aromatic heterocycles. The van der Waals surface area contributed by atoms with Gasteiger partial charge in [-0.3, -0.25) is 14.4 Å². The van der Waals surface area contributed by atoms with Crippen molar-refractivity contribution in [2.75, 3.05) is 26.7 Å². The Labute approximate surface area is 261 Å². The van der Waals surface area contributed by atoms with Crippen molar-refractivity contribution in [2.45, 2.75) is 82.5 Å². The van der Waals surface area contributed by atoms with Gasteiger partial charge in [0.25, 0.3) is 0 Å². The maximum absolute atomic E-state index is 14.2. The predicted molar refractivity (Wildman–Crippen MR) is 172 cm³/mol. The Balaban J connectivity index is 1.71. The van der Waals surface area contributed by atoms with Crippen LogP contribution in [0.25, 0.3) is 6.08 Å². The van der Waals surface area contributed by atoms with Gasteiger partial charge in [-0.15, -0.1) is 0 Å². The Morgan fingerprint density at radius 3 is 2.34 bits per heavy atom. The van der Waals surface area contributed by atoms with Crippen LogP contribution in [0.3, 0.4) is 0 Å². The number of aliphatic hydroxyl groups is 1. The van der Waals surface area contributed by atoms with Crippen molar-refractivity contribution in [3.05, 3.63) is 71.8 Å². The number of nitrogens with one attached hydrogen (secondary N) is 3. The van der Waals surface area contributed by atoms with Crippen molar-refractivity contribution in [1.29, 1.82) is 0 Å². The first-order valence-electron chi connectivity index (χ1n) is 15.8. The zero-order valence-corrected chi connectivity index (χ0v) is 26.4. The number of para-hydroxylation sites is 1. The Morgan fingerprint density at radius 1 is 0.955 bits per heavy atom. The number of benzene rings is 2. The van der Waals surface area contributed by atoms with E-state index >= 15 is 0 Å². The molecule has 1 fully saturated rings. The highest BCUT2D eigenvalue weighted by Gasteiger charge is 2.43. The standard InChI is InChI=1S/C35H48N4O5/c1-24(25-14-7-5-8-15-25)29-32(40)37-21-13-19-26-16-11-12-20-28(26)44-23-22-36-30(27-17-9-6-10-18-27)34(42)39(4)31(33(41)38-29)35(2,3)43/h5,7-8,11-16,19-20,24,27,29-31,36,43H,6,9-10,17-18,21-23H2,1-4H3,(H,37,40)(H,38,41)/t24?,29-,30+,31-/m1/s1. The number of carbonyl (C=O) groups excluding carboxylic acids is 3. The van der Waals surface area contributed by atoms with Crippen LogP contribution in [0, 0.1) is 5.92 Å². The fourth-order valence-corrected chi connectivity index (χ4v) is 6.42. The molecule has 4 rings (SSSR count).